The Kier molecular flexibility index (Phi) is 5.48. The van der Waals surface area contributed by atoms with Gasteiger partial charge in [0.2, 0.25) is 0 Å². The highest BCUT2D eigenvalue weighted by Gasteiger charge is 2.34. The summed E-state index contributed by atoms with van der Waals surface area (Å²) in [5.74, 6) is 0.677. The molecule has 0 bridgehead atoms. The van der Waals surface area contributed by atoms with Gasteiger partial charge in [-0.05, 0) is 82.9 Å². The van der Waals surface area contributed by atoms with E-state index in [1.807, 2.05) is 6.07 Å². The molecular formula is C17H27ClN2. The number of halogens is 1. The molecule has 1 aliphatic rings. The smallest absolute Gasteiger partial charge is 0.0408 e. The van der Waals surface area contributed by atoms with E-state index in [1.54, 1.807) is 0 Å². The molecule has 1 fully saturated rings. The fraction of sp³-hybridized carbons (Fsp3) is 0.647. The van der Waals surface area contributed by atoms with E-state index in [0.29, 0.717) is 18.0 Å². The Morgan fingerprint density at radius 1 is 1.40 bits per heavy atom. The maximum atomic E-state index is 6.13. The molecule has 1 saturated heterocycles. The van der Waals surface area contributed by atoms with Crippen molar-refractivity contribution in [3.8, 4) is 0 Å². The van der Waals surface area contributed by atoms with Crippen LogP contribution in [0.4, 0.5) is 0 Å². The third-order valence-electron chi connectivity index (χ3n) is 4.48. The minimum atomic E-state index is 0.508. The summed E-state index contributed by atoms with van der Waals surface area (Å²) in [4.78, 5) is 2.65. The summed E-state index contributed by atoms with van der Waals surface area (Å²) in [6, 6.07) is 7.45. The topological polar surface area (TPSA) is 15.3 Å². The lowest BCUT2D eigenvalue weighted by Crippen LogP contribution is -2.45. The standard InChI is InChI=1S/C17H27ClN2/c1-12(2)20-9-5-6-14(11-19-4)17(20)16-8-7-15(18)10-13(16)3/h7-8,10,12,14,17,19H,5-6,9,11H2,1-4H3. The highest BCUT2D eigenvalue weighted by molar-refractivity contribution is 6.30. The number of aryl methyl sites for hydroxylation is 1. The van der Waals surface area contributed by atoms with E-state index in [0.717, 1.165) is 11.6 Å². The van der Waals surface area contributed by atoms with Gasteiger partial charge >= 0.3 is 0 Å². The van der Waals surface area contributed by atoms with Gasteiger partial charge in [0.25, 0.3) is 0 Å². The van der Waals surface area contributed by atoms with Gasteiger partial charge in [0.05, 0.1) is 0 Å². The first-order valence-corrected chi connectivity index (χ1v) is 8.08. The zero-order valence-corrected chi connectivity index (χ0v) is 13.9. The van der Waals surface area contributed by atoms with Gasteiger partial charge in [0.1, 0.15) is 0 Å². The van der Waals surface area contributed by atoms with Crippen LogP contribution in [-0.2, 0) is 0 Å². The number of hydrogen-bond acceptors (Lipinski definition) is 2. The number of nitrogens with zero attached hydrogens (tertiary/aromatic N) is 1. The number of piperidine rings is 1. The Labute approximate surface area is 128 Å². The van der Waals surface area contributed by atoms with Gasteiger partial charge in [0.15, 0.2) is 0 Å². The average Bonchev–Trinajstić information content (AvgIpc) is 2.39. The van der Waals surface area contributed by atoms with Gasteiger partial charge in [-0.25, -0.2) is 0 Å². The van der Waals surface area contributed by atoms with Crippen LogP contribution in [0.2, 0.25) is 5.02 Å². The highest BCUT2D eigenvalue weighted by atomic mass is 35.5. The van der Waals surface area contributed by atoms with Crippen molar-refractivity contribution in [1.82, 2.24) is 10.2 Å². The van der Waals surface area contributed by atoms with E-state index in [-0.39, 0.29) is 0 Å². The van der Waals surface area contributed by atoms with Gasteiger partial charge < -0.3 is 5.32 Å². The van der Waals surface area contributed by atoms with E-state index >= 15 is 0 Å². The van der Waals surface area contributed by atoms with Crippen molar-refractivity contribution < 1.29 is 0 Å². The molecule has 1 aromatic carbocycles. The molecule has 1 aromatic rings. The lowest BCUT2D eigenvalue weighted by atomic mass is 9.82. The molecule has 2 unspecified atom stereocenters. The number of rotatable bonds is 4. The molecule has 0 spiro atoms. The number of benzene rings is 1. The van der Waals surface area contributed by atoms with Crippen molar-refractivity contribution in [3.05, 3.63) is 34.3 Å². The molecule has 0 aliphatic carbocycles. The van der Waals surface area contributed by atoms with Crippen LogP contribution in [0.1, 0.15) is 43.9 Å². The fourth-order valence-corrected chi connectivity index (χ4v) is 3.79. The van der Waals surface area contributed by atoms with Crippen LogP contribution >= 0.6 is 11.6 Å². The summed E-state index contributed by atoms with van der Waals surface area (Å²) < 4.78 is 0. The van der Waals surface area contributed by atoms with Gasteiger partial charge in [-0.15, -0.1) is 0 Å². The minimum Gasteiger partial charge on any atom is -0.319 e. The second-order valence-corrected chi connectivity index (χ2v) is 6.67. The molecule has 0 amide bonds. The van der Waals surface area contributed by atoms with Crippen molar-refractivity contribution >= 4 is 11.6 Å². The second-order valence-electron chi connectivity index (χ2n) is 6.24. The number of likely N-dealkylation sites (tertiary alicyclic amines) is 1. The van der Waals surface area contributed by atoms with E-state index in [2.05, 4.69) is 50.2 Å². The largest absolute Gasteiger partial charge is 0.319 e. The number of nitrogens with one attached hydrogen (secondary N) is 1. The van der Waals surface area contributed by atoms with Crippen LogP contribution < -0.4 is 5.32 Å². The van der Waals surface area contributed by atoms with Gasteiger partial charge in [-0.2, -0.15) is 0 Å². The summed E-state index contributed by atoms with van der Waals surface area (Å²) in [5.41, 5.74) is 2.76. The van der Waals surface area contributed by atoms with Crippen LogP contribution in [0.5, 0.6) is 0 Å². The Bertz CT molecular complexity index is 443. The minimum absolute atomic E-state index is 0.508. The Hall–Kier alpha value is -0.570. The first kappa shape index (κ1) is 15.8. The molecule has 3 heteroatoms. The van der Waals surface area contributed by atoms with Crippen LogP contribution in [0, 0.1) is 12.8 Å². The van der Waals surface area contributed by atoms with Gasteiger partial charge in [-0.1, -0.05) is 17.7 Å². The molecular weight excluding hydrogens is 268 g/mol. The molecule has 0 aromatic heterocycles. The van der Waals surface area contributed by atoms with Crippen LogP contribution in [0.25, 0.3) is 0 Å². The molecule has 0 saturated carbocycles. The Morgan fingerprint density at radius 2 is 2.15 bits per heavy atom. The molecule has 2 atom stereocenters. The lowest BCUT2D eigenvalue weighted by molar-refractivity contribution is 0.0632. The maximum absolute atomic E-state index is 6.13. The zero-order chi connectivity index (χ0) is 14.7. The second kappa shape index (κ2) is 6.93. The first-order valence-electron chi connectivity index (χ1n) is 7.71. The number of hydrogen-bond donors (Lipinski definition) is 1. The van der Waals surface area contributed by atoms with Crippen molar-refractivity contribution in [1.29, 1.82) is 0 Å². The van der Waals surface area contributed by atoms with E-state index in [4.69, 9.17) is 11.6 Å². The van der Waals surface area contributed by atoms with E-state index in [1.165, 1.54) is 30.5 Å². The normalized spacial score (nSPS) is 24.3. The average molecular weight is 295 g/mol. The summed E-state index contributed by atoms with van der Waals surface area (Å²) >= 11 is 6.13. The van der Waals surface area contributed by atoms with Crippen molar-refractivity contribution in [2.24, 2.45) is 5.92 Å². The quantitative estimate of drug-likeness (QED) is 0.902. The maximum Gasteiger partial charge on any atom is 0.0408 e. The predicted molar refractivity (Wildman–Crippen MR) is 87.4 cm³/mol. The lowest BCUT2D eigenvalue weighted by Gasteiger charge is -2.44. The molecule has 20 heavy (non-hydrogen) atoms. The molecule has 1 aliphatic heterocycles. The summed E-state index contributed by atoms with van der Waals surface area (Å²) in [6.07, 6.45) is 2.60. The molecule has 1 heterocycles. The summed E-state index contributed by atoms with van der Waals surface area (Å²) in [5, 5.41) is 4.21. The van der Waals surface area contributed by atoms with Crippen LogP contribution in [0.15, 0.2) is 18.2 Å². The van der Waals surface area contributed by atoms with Crippen LogP contribution in [-0.4, -0.2) is 31.1 Å². The van der Waals surface area contributed by atoms with Crippen molar-refractivity contribution in [3.63, 3.8) is 0 Å². The van der Waals surface area contributed by atoms with Crippen molar-refractivity contribution in [2.45, 2.75) is 45.7 Å². The monoisotopic (exact) mass is 294 g/mol. The summed E-state index contributed by atoms with van der Waals surface area (Å²) in [6.45, 7) is 9.07. The zero-order valence-electron chi connectivity index (χ0n) is 13.1. The van der Waals surface area contributed by atoms with E-state index in [9.17, 15) is 0 Å². The molecule has 2 nitrogen and oxygen atoms in total. The molecule has 0 radical (unpaired) electrons. The Balaban J connectivity index is 2.37. The SMILES string of the molecule is CNCC1CCCN(C(C)C)C1c1ccc(Cl)cc1C. The third kappa shape index (κ3) is 3.36. The molecule has 2 rings (SSSR count). The van der Waals surface area contributed by atoms with Gasteiger partial charge in [-0.3, -0.25) is 4.90 Å². The van der Waals surface area contributed by atoms with Crippen molar-refractivity contribution in [2.75, 3.05) is 20.1 Å². The summed E-state index contributed by atoms with van der Waals surface area (Å²) in [7, 11) is 2.06. The first-order chi connectivity index (χ1) is 9.54. The fourth-order valence-electron chi connectivity index (χ4n) is 3.56. The van der Waals surface area contributed by atoms with E-state index < -0.39 is 0 Å². The molecule has 1 N–H and O–H groups in total. The highest BCUT2D eigenvalue weighted by Crippen LogP contribution is 2.38. The predicted octanol–water partition coefficient (Wildman–Crippen LogP) is 4.03. The van der Waals surface area contributed by atoms with Crippen LogP contribution in [0.3, 0.4) is 0 Å². The third-order valence-corrected chi connectivity index (χ3v) is 4.71. The van der Waals surface area contributed by atoms with Gasteiger partial charge in [0, 0.05) is 17.1 Å². The Morgan fingerprint density at radius 3 is 2.75 bits per heavy atom. The molecule has 112 valence electrons.